The molecule has 1 unspecified atom stereocenters. The normalized spacial score (nSPS) is 17.2. The summed E-state index contributed by atoms with van der Waals surface area (Å²) < 4.78 is 1.16. The Balaban J connectivity index is 1.78. The second-order valence-corrected chi connectivity index (χ2v) is 7.46. The van der Waals surface area contributed by atoms with E-state index in [1.54, 1.807) is 0 Å². The minimum absolute atomic E-state index is 0.680. The van der Waals surface area contributed by atoms with E-state index in [4.69, 9.17) is 0 Å². The van der Waals surface area contributed by atoms with Crippen molar-refractivity contribution in [2.24, 2.45) is 5.92 Å². The van der Waals surface area contributed by atoms with Crippen LogP contribution in [0.25, 0.3) is 0 Å². The summed E-state index contributed by atoms with van der Waals surface area (Å²) in [5.74, 6) is 2.18. The predicted octanol–water partition coefficient (Wildman–Crippen LogP) is 5.10. The van der Waals surface area contributed by atoms with Crippen LogP contribution < -0.4 is 5.32 Å². The summed E-state index contributed by atoms with van der Waals surface area (Å²) in [5, 5.41) is 3.72. The van der Waals surface area contributed by atoms with Crippen LogP contribution in [0.2, 0.25) is 0 Å². The van der Waals surface area contributed by atoms with Crippen molar-refractivity contribution in [1.82, 2.24) is 5.32 Å². The molecule has 1 nitrogen and oxygen atoms in total. The Bertz CT molecular complexity index is 362. The van der Waals surface area contributed by atoms with Crippen LogP contribution in [0.3, 0.4) is 0 Å². The molecule has 106 valence electrons. The predicted molar refractivity (Wildman–Crippen MR) is 88.9 cm³/mol. The molecule has 0 aromatic heterocycles. The molecule has 0 saturated heterocycles. The van der Waals surface area contributed by atoms with Gasteiger partial charge in [-0.25, -0.2) is 0 Å². The van der Waals surface area contributed by atoms with Crippen molar-refractivity contribution in [1.29, 1.82) is 0 Å². The smallest absolute Gasteiger partial charge is 0.0176 e. The van der Waals surface area contributed by atoms with Crippen molar-refractivity contribution in [2.45, 2.75) is 50.0 Å². The van der Waals surface area contributed by atoms with Crippen molar-refractivity contribution in [2.75, 3.05) is 12.3 Å². The summed E-state index contributed by atoms with van der Waals surface area (Å²) in [4.78, 5) is 1.38. The van der Waals surface area contributed by atoms with Gasteiger partial charge in [0.05, 0.1) is 0 Å². The van der Waals surface area contributed by atoms with Gasteiger partial charge in [0.2, 0.25) is 0 Å². The third-order valence-electron chi connectivity index (χ3n) is 3.79. The second kappa shape index (κ2) is 8.33. The van der Waals surface area contributed by atoms with E-state index < -0.39 is 0 Å². The average molecular weight is 342 g/mol. The van der Waals surface area contributed by atoms with Gasteiger partial charge in [-0.3, -0.25) is 0 Å². The third kappa shape index (κ3) is 5.49. The Morgan fingerprint density at radius 1 is 1.32 bits per heavy atom. The summed E-state index contributed by atoms with van der Waals surface area (Å²) in [7, 11) is 0. The number of benzene rings is 1. The quantitative estimate of drug-likeness (QED) is 0.660. The zero-order valence-corrected chi connectivity index (χ0v) is 14.1. The monoisotopic (exact) mass is 341 g/mol. The highest BCUT2D eigenvalue weighted by Gasteiger charge is 2.21. The van der Waals surface area contributed by atoms with Crippen LogP contribution in [0.1, 0.15) is 39.0 Å². The average Bonchev–Trinajstić information content (AvgIpc) is 2.38. The van der Waals surface area contributed by atoms with E-state index in [2.05, 4.69) is 52.4 Å². The second-order valence-electron chi connectivity index (χ2n) is 5.45. The molecule has 0 heterocycles. The molecule has 0 amide bonds. The van der Waals surface area contributed by atoms with E-state index in [1.807, 2.05) is 11.8 Å². The topological polar surface area (TPSA) is 12.0 Å². The molecule has 1 fully saturated rings. The van der Waals surface area contributed by atoms with Gasteiger partial charge in [0.1, 0.15) is 0 Å². The molecular weight excluding hydrogens is 318 g/mol. The molecule has 0 bridgehead atoms. The van der Waals surface area contributed by atoms with Crippen molar-refractivity contribution in [3.63, 3.8) is 0 Å². The molecule has 1 aliphatic rings. The summed E-state index contributed by atoms with van der Waals surface area (Å²) in [6.07, 6.45) is 6.94. The van der Waals surface area contributed by atoms with Gasteiger partial charge in [-0.2, -0.15) is 0 Å². The van der Waals surface area contributed by atoms with Crippen LogP contribution in [0, 0.1) is 5.92 Å². The number of hydrogen-bond acceptors (Lipinski definition) is 2. The van der Waals surface area contributed by atoms with Gasteiger partial charge in [0.25, 0.3) is 0 Å². The van der Waals surface area contributed by atoms with Crippen LogP contribution in [-0.4, -0.2) is 18.3 Å². The lowest BCUT2D eigenvalue weighted by Crippen LogP contribution is -2.35. The van der Waals surface area contributed by atoms with Crippen LogP contribution in [-0.2, 0) is 0 Å². The van der Waals surface area contributed by atoms with Gasteiger partial charge in [-0.15, -0.1) is 11.8 Å². The van der Waals surface area contributed by atoms with Crippen LogP contribution in [0.15, 0.2) is 33.6 Å². The minimum Gasteiger partial charge on any atom is -0.313 e. The first-order valence-corrected chi connectivity index (χ1v) is 9.17. The molecule has 2 rings (SSSR count). The van der Waals surface area contributed by atoms with E-state index in [-0.39, 0.29) is 0 Å². The van der Waals surface area contributed by atoms with E-state index in [0.29, 0.717) is 6.04 Å². The number of hydrogen-bond donors (Lipinski definition) is 1. The first-order valence-electron chi connectivity index (χ1n) is 7.39. The maximum Gasteiger partial charge on any atom is 0.0176 e. The van der Waals surface area contributed by atoms with Crippen LogP contribution in [0.4, 0.5) is 0 Å². The van der Waals surface area contributed by atoms with Gasteiger partial charge in [0, 0.05) is 21.2 Å². The lowest BCUT2D eigenvalue weighted by atomic mass is 9.81. The van der Waals surface area contributed by atoms with E-state index in [0.717, 1.165) is 16.9 Å². The lowest BCUT2D eigenvalue weighted by Gasteiger charge is -2.30. The Labute approximate surface area is 130 Å². The molecule has 1 aromatic carbocycles. The Morgan fingerprint density at radius 2 is 2.05 bits per heavy atom. The molecule has 1 aliphatic carbocycles. The highest BCUT2D eigenvalue weighted by molar-refractivity contribution is 9.10. The first-order chi connectivity index (χ1) is 9.28. The number of halogens is 1. The molecule has 1 saturated carbocycles. The molecule has 0 radical (unpaired) electrons. The Morgan fingerprint density at radius 3 is 2.63 bits per heavy atom. The van der Waals surface area contributed by atoms with Crippen LogP contribution in [0.5, 0.6) is 0 Å². The maximum atomic E-state index is 3.72. The lowest BCUT2D eigenvalue weighted by molar-refractivity contribution is 0.268. The zero-order chi connectivity index (χ0) is 13.5. The van der Waals surface area contributed by atoms with Gasteiger partial charge in [0.15, 0.2) is 0 Å². The summed E-state index contributed by atoms with van der Waals surface area (Å²) in [5.41, 5.74) is 0. The maximum absolute atomic E-state index is 3.72. The number of rotatable bonds is 8. The molecule has 1 atom stereocenters. The fourth-order valence-electron chi connectivity index (χ4n) is 2.42. The van der Waals surface area contributed by atoms with Gasteiger partial charge in [-0.1, -0.05) is 42.1 Å². The number of thioether (sulfide) groups is 1. The van der Waals surface area contributed by atoms with Crippen molar-refractivity contribution in [3.05, 3.63) is 28.7 Å². The largest absolute Gasteiger partial charge is 0.313 e. The molecule has 1 aromatic rings. The summed E-state index contributed by atoms with van der Waals surface area (Å²) in [6.45, 7) is 3.40. The zero-order valence-electron chi connectivity index (χ0n) is 11.7. The van der Waals surface area contributed by atoms with Gasteiger partial charge in [-0.05, 0) is 49.6 Å². The SMILES string of the molecule is CCCNC(CSc1ccc(Br)cc1)CC1CCC1. The molecule has 3 heteroatoms. The molecule has 19 heavy (non-hydrogen) atoms. The molecule has 1 N–H and O–H groups in total. The van der Waals surface area contributed by atoms with E-state index in [9.17, 15) is 0 Å². The Hall–Kier alpha value is 0.01000. The third-order valence-corrected chi connectivity index (χ3v) is 5.49. The summed E-state index contributed by atoms with van der Waals surface area (Å²) in [6, 6.07) is 9.34. The van der Waals surface area contributed by atoms with E-state index in [1.165, 1.54) is 42.8 Å². The highest BCUT2D eigenvalue weighted by Crippen LogP contribution is 2.32. The highest BCUT2D eigenvalue weighted by atomic mass is 79.9. The van der Waals surface area contributed by atoms with Crippen molar-refractivity contribution >= 4 is 27.7 Å². The van der Waals surface area contributed by atoms with Gasteiger partial charge < -0.3 is 5.32 Å². The standard InChI is InChI=1S/C16H24BrNS/c1-2-10-18-15(11-13-4-3-5-13)12-19-16-8-6-14(17)7-9-16/h6-9,13,15,18H,2-5,10-12H2,1H3. The molecular formula is C16H24BrNS. The first kappa shape index (κ1) is 15.4. The van der Waals surface area contributed by atoms with Gasteiger partial charge >= 0.3 is 0 Å². The van der Waals surface area contributed by atoms with Crippen molar-refractivity contribution in [3.8, 4) is 0 Å². The van der Waals surface area contributed by atoms with Crippen molar-refractivity contribution < 1.29 is 0 Å². The fourth-order valence-corrected chi connectivity index (χ4v) is 3.66. The molecule has 0 aliphatic heterocycles. The molecule has 0 spiro atoms. The number of nitrogens with one attached hydrogen (secondary N) is 1. The van der Waals surface area contributed by atoms with Crippen LogP contribution >= 0.6 is 27.7 Å². The summed E-state index contributed by atoms with van der Waals surface area (Å²) >= 11 is 5.47. The Kier molecular flexibility index (Phi) is 6.75. The minimum atomic E-state index is 0.680. The van der Waals surface area contributed by atoms with E-state index >= 15 is 0 Å². The fraction of sp³-hybridized carbons (Fsp3) is 0.625.